The largest absolute Gasteiger partial charge is 0.496 e. The molecule has 0 aliphatic carbocycles. The van der Waals surface area contributed by atoms with Gasteiger partial charge in [-0.25, -0.2) is 9.97 Å². The minimum Gasteiger partial charge on any atom is -0.496 e. The molecule has 32 heavy (non-hydrogen) atoms. The summed E-state index contributed by atoms with van der Waals surface area (Å²) in [5.41, 5.74) is 5.07. The van der Waals surface area contributed by atoms with Crippen molar-refractivity contribution in [2.24, 2.45) is 7.05 Å². The number of anilines is 1. The van der Waals surface area contributed by atoms with Crippen molar-refractivity contribution in [1.29, 1.82) is 0 Å². The van der Waals surface area contributed by atoms with E-state index in [4.69, 9.17) is 16.3 Å². The van der Waals surface area contributed by atoms with Gasteiger partial charge in [0.05, 0.1) is 35.1 Å². The molecule has 0 atom stereocenters. The highest BCUT2D eigenvalue weighted by Gasteiger charge is 2.13. The Labute approximate surface area is 190 Å². The third kappa shape index (κ3) is 3.54. The van der Waals surface area contributed by atoms with Gasteiger partial charge >= 0.3 is 0 Å². The molecule has 0 unspecified atom stereocenters. The highest BCUT2D eigenvalue weighted by Crippen LogP contribution is 2.34. The van der Waals surface area contributed by atoms with Gasteiger partial charge in [-0.2, -0.15) is 5.10 Å². The smallest absolute Gasteiger partial charge is 0.130 e. The summed E-state index contributed by atoms with van der Waals surface area (Å²) in [5, 5.41) is 10.6. The molecular formula is C24H23ClN6O. The summed E-state index contributed by atoms with van der Waals surface area (Å²) in [5.74, 6) is 1.60. The van der Waals surface area contributed by atoms with Crippen LogP contribution in [0.1, 0.15) is 5.69 Å². The predicted octanol–water partition coefficient (Wildman–Crippen LogP) is 5.07. The number of halogens is 1. The van der Waals surface area contributed by atoms with Crippen LogP contribution in [-0.4, -0.2) is 38.0 Å². The van der Waals surface area contributed by atoms with Crippen molar-refractivity contribution >= 4 is 39.2 Å². The molecule has 162 valence electrons. The minimum absolute atomic E-state index is 0.690. The van der Waals surface area contributed by atoms with Crippen LogP contribution >= 0.6 is 11.6 Å². The van der Waals surface area contributed by atoms with E-state index in [1.165, 1.54) is 0 Å². The molecule has 8 heteroatoms. The molecule has 5 aromatic rings. The van der Waals surface area contributed by atoms with Crippen molar-refractivity contribution in [3.63, 3.8) is 0 Å². The van der Waals surface area contributed by atoms with E-state index in [9.17, 15) is 0 Å². The number of nitrogens with zero attached hydrogens (tertiary/aromatic N) is 5. The fourth-order valence-corrected chi connectivity index (χ4v) is 4.38. The maximum Gasteiger partial charge on any atom is 0.130 e. The quantitative estimate of drug-likeness (QED) is 0.394. The van der Waals surface area contributed by atoms with Gasteiger partial charge < -0.3 is 14.6 Å². The lowest BCUT2D eigenvalue weighted by atomic mass is 10.1. The normalized spacial score (nSPS) is 11.4. The van der Waals surface area contributed by atoms with Gasteiger partial charge in [-0.3, -0.25) is 4.68 Å². The van der Waals surface area contributed by atoms with Crippen LogP contribution in [0, 0.1) is 6.92 Å². The first-order valence-electron chi connectivity index (χ1n) is 10.4. The summed E-state index contributed by atoms with van der Waals surface area (Å²) >= 11 is 6.51. The number of methoxy groups -OCH3 is 1. The third-order valence-electron chi connectivity index (χ3n) is 5.75. The third-order valence-corrected chi connectivity index (χ3v) is 6.06. The van der Waals surface area contributed by atoms with Crippen molar-refractivity contribution in [2.75, 3.05) is 19.0 Å². The Morgan fingerprint density at radius 1 is 1.09 bits per heavy atom. The summed E-state index contributed by atoms with van der Waals surface area (Å²) in [7, 11) is 3.61. The molecule has 0 spiro atoms. The molecule has 5 rings (SSSR count). The van der Waals surface area contributed by atoms with E-state index in [0.29, 0.717) is 11.6 Å². The monoisotopic (exact) mass is 446 g/mol. The number of rotatable bonds is 6. The van der Waals surface area contributed by atoms with Gasteiger partial charge in [-0.1, -0.05) is 23.7 Å². The molecule has 1 N–H and O–H groups in total. The van der Waals surface area contributed by atoms with Crippen LogP contribution in [0.25, 0.3) is 33.1 Å². The first kappa shape index (κ1) is 20.3. The van der Waals surface area contributed by atoms with E-state index in [2.05, 4.69) is 56.1 Å². The van der Waals surface area contributed by atoms with Crippen molar-refractivity contribution in [1.82, 2.24) is 24.3 Å². The lowest BCUT2D eigenvalue weighted by Gasteiger charge is -2.12. The fraction of sp³-hybridized carbons (Fsp3) is 0.208. The second-order valence-corrected chi connectivity index (χ2v) is 8.11. The van der Waals surface area contributed by atoms with Crippen LogP contribution in [0.15, 0.2) is 55.0 Å². The van der Waals surface area contributed by atoms with E-state index >= 15 is 0 Å². The van der Waals surface area contributed by atoms with Crippen LogP contribution < -0.4 is 10.1 Å². The summed E-state index contributed by atoms with van der Waals surface area (Å²) in [6.07, 6.45) is 3.45. The summed E-state index contributed by atoms with van der Waals surface area (Å²) in [6.45, 7) is 3.51. The van der Waals surface area contributed by atoms with Gasteiger partial charge in [0.15, 0.2) is 0 Å². The minimum atomic E-state index is 0.690. The first-order valence-corrected chi connectivity index (χ1v) is 10.7. The number of hydrogen-bond acceptors (Lipinski definition) is 5. The van der Waals surface area contributed by atoms with Gasteiger partial charge in [0.25, 0.3) is 0 Å². The summed E-state index contributed by atoms with van der Waals surface area (Å²) in [4.78, 5) is 8.85. The lowest BCUT2D eigenvalue weighted by molar-refractivity contribution is 0.420. The molecule has 0 fully saturated rings. The number of hydrogen-bond donors (Lipinski definition) is 1. The standard InChI is InChI=1S/C24H23ClN6O/c1-15-10-18-22(32-3)7-6-19(25)24(18)31(15)9-8-26-23-12-20(27-14-28-23)16-4-5-17-13-29-30(2)21(17)11-16/h4-7,10-14H,8-9H2,1-3H3,(H,26,27,28). The zero-order valence-corrected chi connectivity index (χ0v) is 18.9. The summed E-state index contributed by atoms with van der Waals surface area (Å²) < 4.78 is 9.56. The molecule has 0 aliphatic rings. The Hall–Kier alpha value is -3.58. The first-order chi connectivity index (χ1) is 15.5. The van der Waals surface area contributed by atoms with Crippen molar-refractivity contribution in [3.05, 3.63) is 65.7 Å². The molecule has 0 saturated heterocycles. The molecule has 0 amide bonds. The van der Waals surface area contributed by atoms with E-state index in [-0.39, 0.29) is 0 Å². The zero-order chi connectivity index (χ0) is 22.2. The molecule has 3 heterocycles. The summed E-state index contributed by atoms with van der Waals surface area (Å²) in [6, 6.07) is 14.1. The van der Waals surface area contributed by atoms with Gasteiger partial charge in [0, 0.05) is 48.2 Å². The van der Waals surface area contributed by atoms with Gasteiger partial charge in [-0.05, 0) is 31.2 Å². The number of nitrogens with one attached hydrogen (secondary N) is 1. The van der Waals surface area contributed by atoms with E-state index in [0.717, 1.165) is 56.9 Å². The van der Waals surface area contributed by atoms with Gasteiger partial charge in [0.2, 0.25) is 0 Å². The predicted molar refractivity (Wildman–Crippen MR) is 128 cm³/mol. The molecular weight excluding hydrogens is 424 g/mol. The molecule has 0 aliphatic heterocycles. The van der Waals surface area contributed by atoms with Crippen molar-refractivity contribution in [2.45, 2.75) is 13.5 Å². The topological polar surface area (TPSA) is 69.8 Å². The zero-order valence-electron chi connectivity index (χ0n) is 18.1. The number of fused-ring (bicyclic) bond motifs is 2. The van der Waals surface area contributed by atoms with E-state index in [1.807, 2.05) is 36.1 Å². The molecule has 0 saturated carbocycles. The Kier molecular flexibility index (Phi) is 5.19. The van der Waals surface area contributed by atoms with Crippen LogP contribution in [0.2, 0.25) is 5.02 Å². The highest BCUT2D eigenvalue weighted by molar-refractivity contribution is 6.35. The van der Waals surface area contributed by atoms with Gasteiger partial charge in [0.1, 0.15) is 17.9 Å². The number of aromatic nitrogens is 5. The van der Waals surface area contributed by atoms with Crippen molar-refractivity contribution < 1.29 is 4.74 Å². The Balaban J connectivity index is 1.36. The fourth-order valence-electron chi connectivity index (χ4n) is 4.12. The highest BCUT2D eigenvalue weighted by atomic mass is 35.5. The van der Waals surface area contributed by atoms with E-state index < -0.39 is 0 Å². The number of ether oxygens (including phenoxy) is 1. The number of benzene rings is 2. The Bertz CT molecular complexity index is 1440. The van der Waals surface area contributed by atoms with E-state index in [1.54, 1.807) is 13.4 Å². The molecule has 7 nitrogen and oxygen atoms in total. The molecule has 0 bridgehead atoms. The van der Waals surface area contributed by atoms with Crippen molar-refractivity contribution in [3.8, 4) is 17.0 Å². The molecule has 2 aromatic carbocycles. The Morgan fingerprint density at radius 2 is 1.97 bits per heavy atom. The number of aryl methyl sites for hydroxylation is 2. The average molecular weight is 447 g/mol. The molecule has 3 aromatic heterocycles. The van der Waals surface area contributed by atoms with Crippen LogP contribution in [0.4, 0.5) is 5.82 Å². The maximum atomic E-state index is 6.51. The maximum absolute atomic E-state index is 6.51. The van der Waals surface area contributed by atoms with Crippen LogP contribution in [0.3, 0.4) is 0 Å². The second kappa shape index (κ2) is 8.16. The van der Waals surface area contributed by atoms with Crippen LogP contribution in [-0.2, 0) is 13.6 Å². The lowest BCUT2D eigenvalue weighted by Crippen LogP contribution is -2.12. The second-order valence-electron chi connectivity index (χ2n) is 7.71. The average Bonchev–Trinajstić information content (AvgIpc) is 3.34. The van der Waals surface area contributed by atoms with Crippen LogP contribution in [0.5, 0.6) is 5.75 Å². The SMILES string of the molecule is COc1ccc(Cl)c2c1cc(C)n2CCNc1cc(-c2ccc3cnn(C)c3c2)ncn1. The molecule has 0 radical (unpaired) electrons. The van der Waals surface area contributed by atoms with Gasteiger partial charge in [-0.15, -0.1) is 0 Å². The Morgan fingerprint density at radius 3 is 2.81 bits per heavy atom.